The zero-order chi connectivity index (χ0) is 10.7. The van der Waals surface area contributed by atoms with Crippen molar-refractivity contribution in [2.45, 2.75) is 24.1 Å². The molecular weight excluding hydrogens is 210 g/mol. The fourth-order valence-corrected chi connectivity index (χ4v) is 2.44. The van der Waals surface area contributed by atoms with Gasteiger partial charge in [0.2, 0.25) is 0 Å². The predicted octanol–water partition coefficient (Wildman–Crippen LogP) is 3.09. The molecule has 2 nitrogen and oxygen atoms in total. The molecule has 0 bridgehead atoms. The lowest BCUT2D eigenvalue weighted by Crippen LogP contribution is -2.26. The van der Waals surface area contributed by atoms with Crippen molar-refractivity contribution in [3.8, 4) is 0 Å². The lowest BCUT2D eigenvalue weighted by molar-refractivity contribution is 0.213. The summed E-state index contributed by atoms with van der Waals surface area (Å²) < 4.78 is 0. The fourth-order valence-electron chi connectivity index (χ4n) is 2.08. The average molecular weight is 224 g/mol. The van der Waals surface area contributed by atoms with E-state index in [1.807, 2.05) is 6.07 Å². The molecule has 1 unspecified atom stereocenters. The van der Waals surface area contributed by atoms with Gasteiger partial charge in [-0.15, -0.1) is 11.6 Å². The molecule has 1 aliphatic rings. The number of hydrogen-bond acceptors (Lipinski definition) is 2. The average Bonchev–Trinajstić information content (AvgIpc) is 2.27. The Bertz CT molecular complexity index is 378. The van der Waals surface area contributed by atoms with Crippen LogP contribution in [0.25, 0.3) is 0 Å². The molecule has 0 radical (unpaired) electrons. The first-order valence-corrected chi connectivity index (χ1v) is 5.49. The maximum Gasteiger partial charge on any atom is 0.108 e. The van der Waals surface area contributed by atoms with Gasteiger partial charge in [-0.25, -0.2) is 0 Å². The van der Waals surface area contributed by atoms with E-state index in [1.54, 1.807) is 6.21 Å². The van der Waals surface area contributed by atoms with Crippen LogP contribution in [0.3, 0.4) is 0 Å². The number of benzene rings is 1. The van der Waals surface area contributed by atoms with Crippen molar-refractivity contribution in [3.63, 3.8) is 0 Å². The molecule has 0 heterocycles. The second-order valence-corrected chi connectivity index (χ2v) is 4.46. The molecule has 15 heavy (non-hydrogen) atoms. The van der Waals surface area contributed by atoms with E-state index in [1.165, 1.54) is 18.2 Å². The lowest BCUT2D eigenvalue weighted by Gasteiger charge is -2.29. The minimum Gasteiger partial charge on any atom is -0.399 e. The minimum atomic E-state index is -0.481. The fraction of sp³-hybridized carbons (Fsp3) is 0.417. The van der Waals surface area contributed by atoms with Gasteiger partial charge in [0.1, 0.15) is 12.0 Å². The monoisotopic (exact) mass is 223 g/mol. The maximum atomic E-state index is 6.56. The Balaban J connectivity index is 2.40. The second-order valence-electron chi connectivity index (χ2n) is 3.79. The molecule has 1 aromatic carbocycles. The molecule has 0 N–H and O–H groups in total. The zero-order valence-corrected chi connectivity index (χ0v) is 9.50. The van der Waals surface area contributed by atoms with Crippen LogP contribution in [0.15, 0.2) is 29.4 Å². The second kappa shape index (κ2) is 4.23. The van der Waals surface area contributed by atoms with Crippen LogP contribution in [0.5, 0.6) is 0 Å². The summed E-state index contributed by atoms with van der Waals surface area (Å²) in [5.74, 6) is 0. The molecular formula is C12H14ClNO. The highest BCUT2D eigenvalue weighted by Gasteiger charge is 2.32. The minimum absolute atomic E-state index is 0.481. The van der Waals surface area contributed by atoms with Crippen LogP contribution in [0.4, 0.5) is 0 Å². The first kappa shape index (κ1) is 10.5. The van der Waals surface area contributed by atoms with Crippen molar-refractivity contribution < 1.29 is 4.84 Å². The summed E-state index contributed by atoms with van der Waals surface area (Å²) in [7, 11) is 1.53. The van der Waals surface area contributed by atoms with Crippen molar-refractivity contribution in [1.29, 1.82) is 0 Å². The van der Waals surface area contributed by atoms with Gasteiger partial charge in [-0.3, -0.25) is 0 Å². The van der Waals surface area contributed by atoms with Gasteiger partial charge in [-0.2, -0.15) is 0 Å². The van der Waals surface area contributed by atoms with E-state index in [-0.39, 0.29) is 0 Å². The summed E-state index contributed by atoms with van der Waals surface area (Å²) in [4.78, 5) is 4.23. The van der Waals surface area contributed by atoms with E-state index in [0.717, 1.165) is 19.3 Å². The summed E-state index contributed by atoms with van der Waals surface area (Å²) in [5, 5.41) is 3.81. The number of rotatable bonds is 2. The third kappa shape index (κ3) is 2.00. The van der Waals surface area contributed by atoms with Gasteiger partial charge in [-0.05, 0) is 30.4 Å². The molecule has 0 spiro atoms. The van der Waals surface area contributed by atoms with E-state index in [0.29, 0.717) is 0 Å². The van der Waals surface area contributed by atoms with E-state index < -0.39 is 4.87 Å². The molecule has 0 amide bonds. The molecule has 0 saturated carbocycles. The molecule has 0 aliphatic heterocycles. The van der Waals surface area contributed by atoms with Crippen LogP contribution >= 0.6 is 11.6 Å². The van der Waals surface area contributed by atoms with Gasteiger partial charge < -0.3 is 4.84 Å². The van der Waals surface area contributed by atoms with Crippen LogP contribution in [0, 0.1) is 0 Å². The highest BCUT2D eigenvalue weighted by atomic mass is 35.5. The number of alkyl halides is 1. The van der Waals surface area contributed by atoms with Gasteiger partial charge in [0.15, 0.2) is 0 Å². The van der Waals surface area contributed by atoms with Crippen LogP contribution in [-0.2, 0) is 16.1 Å². The number of hydrogen-bond donors (Lipinski definition) is 0. The molecule has 0 fully saturated rings. The summed E-state index contributed by atoms with van der Waals surface area (Å²) in [6, 6.07) is 8.27. The van der Waals surface area contributed by atoms with Gasteiger partial charge >= 0.3 is 0 Å². The Morgan fingerprint density at radius 1 is 1.47 bits per heavy atom. The van der Waals surface area contributed by atoms with E-state index in [4.69, 9.17) is 16.4 Å². The topological polar surface area (TPSA) is 21.6 Å². The van der Waals surface area contributed by atoms with Crippen LogP contribution in [0.1, 0.15) is 24.0 Å². The molecule has 0 saturated heterocycles. The maximum absolute atomic E-state index is 6.56. The summed E-state index contributed by atoms with van der Waals surface area (Å²) in [6.07, 6.45) is 4.81. The van der Waals surface area contributed by atoms with Gasteiger partial charge in [0.05, 0.1) is 6.21 Å². The summed E-state index contributed by atoms with van der Waals surface area (Å²) in [6.45, 7) is 0. The Morgan fingerprint density at radius 3 is 3.07 bits per heavy atom. The number of oxime groups is 1. The molecule has 1 aliphatic carbocycles. The van der Waals surface area contributed by atoms with Crippen LogP contribution in [0.2, 0.25) is 0 Å². The van der Waals surface area contributed by atoms with E-state index in [9.17, 15) is 0 Å². The normalized spacial score (nSPS) is 25.2. The molecule has 80 valence electrons. The van der Waals surface area contributed by atoms with E-state index >= 15 is 0 Å². The Kier molecular flexibility index (Phi) is 2.96. The van der Waals surface area contributed by atoms with Crippen molar-refractivity contribution in [3.05, 3.63) is 35.4 Å². The van der Waals surface area contributed by atoms with E-state index in [2.05, 4.69) is 23.4 Å². The SMILES string of the molecule is CON=CC1(Cl)CCCc2ccccc21. The lowest BCUT2D eigenvalue weighted by atomic mass is 9.83. The third-order valence-corrected chi connectivity index (χ3v) is 3.30. The molecule has 3 heteroatoms. The van der Waals surface area contributed by atoms with Crippen molar-refractivity contribution in [2.24, 2.45) is 5.16 Å². The van der Waals surface area contributed by atoms with Crippen molar-refractivity contribution >= 4 is 17.8 Å². The highest BCUT2D eigenvalue weighted by Crippen LogP contribution is 2.39. The standard InChI is InChI=1S/C12H14ClNO/c1-15-14-9-12(13)8-4-6-10-5-2-3-7-11(10)12/h2-3,5,7,9H,4,6,8H2,1H3. The summed E-state index contributed by atoms with van der Waals surface area (Å²) in [5.41, 5.74) is 2.49. The Labute approximate surface area is 94.9 Å². The first-order chi connectivity index (χ1) is 7.26. The molecule has 2 rings (SSSR count). The molecule has 1 aromatic rings. The predicted molar refractivity (Wildman–Crippen MR) is 62.4 cm³/mol. The van der Waals surface area contributed by atoms with Crippen molar-refractivity contribution in [2.75, 3.05) is 7.11 Å². The largest absolute Gasteiger partial charge is 0.399 e. The Hall–Kier alpha value is -1.02. The van der Waals surface area contributed by atoms with Gasteiger partial charge in [0.25, 0.3) is 0 Å². The van der Waals surface area contributed by atoms with Crippen molar-refractivity contribution in [1.82, 2.24) is 0 Å². The highest BCUT2D eigenvalue weighted by molar-refractivity contribution is 6.32. The number of halogens is 1. The molecule has 0 aromatic heterocycles. The van der Waals surface area contributed by atoms with Crippen LogP contribution < -0.4 is 0 Å². The number of aryl methyl sites for hydroxylation is 1. The van der Waals surface area contributed by atoms with Gasteiger partial charge in [0, 0.05) is 0 Å². The van der Waals surface area contributed by atoms with Crippen LogP contribution in [-0.4, -0.2) is 13.3 Å². The third-order valence-electron chi connectivity index (χ3n) is 2.81. The van der Waals surface area contributed by atoms with Gasteiger partial charge in [-0.1, -0.05) is 29.4 Å². The quantitative estimate of drug-likeness (QED) is 0.429. The summed E-state index contributed by atoms with van der Waals surface area (Å²) >= 11 is 6.56. The first-order valence-electron chi connectivity index (χ1n) is 5.11. The smallest absolute Gasteiger partial charge is 0.108 e. The number of nitrogens with zero attached hydrogens (tertiary/aromatic N) is 1. The zero-order valence-electron chi connectivity index (χ0n) is 8.74. The Morgan fingerprint density at radius 2 is 2.27 bits per heavy atom. The molecule has 1 atom stereocenters. The number of fused-ring (bicyclic) bond motifs is 1.